The van der Waals surface area contributed by atoms with Crippen molar-refractivity contribution in [2.75, 3.05) is 69.2 Å². The molecule has 12 heteroatoms. The number of rotatable bonds is 2. The van der Waals surface area contributed by atoms with E-state index in [1.165, 1.54) is 24.5 Å². The number of ether oxygens (including phenoxy) is 1. The molecule has 0 aliphatic carbocycles. The second-order valence-corrected chi connectivity index (χ2v) is 13.1. The molecule has 1 N–H and O–H groups in total. The zero-order valence-corrected chi connectivity index (χ0v) is 27.0. The fourth-order valence-electron chi connectivity index (χ4n) is 7.08. The van der Waals surface area contributed by atoms with E-state index >= 15 is 13.2 Å². The summed E-state index contributed by atoms with van der Waals surface area (Å²) in [5.41, 5.74) is 0.518. The molecule has 2 saturated heterocycles. The van der Waals surface area contributed by atoms with E-state index < -0.39 is 23.2 Å². The van der Waals surface area contributed by atoms with Gasteiger partial charge in [-0.25, -0.2) is 23.1 Å². The van der Waals surface area contributed by atoms with Crippen molar-refractivity contribution < 1.29 is 17.9 Å². The van der Waals surface area contributed by atoms with E-state index in [0.717, 1.165) is 32.5 Å². The highest BCUT2D eigenvalue weighted by Gasteiger charge is 2.44. The Hall–Kier alpha value is -3.22. The molecule has 250 valence electrons. The molecule has 0 saturated carbocycles. The number of aromatic nitrogens is 3. The van der Waals surface area contributed by atoms with Gasteiger partial charge in [0, 0.05) is 70.0 Å². The van der Waals surface area contributed by atoms with Crippen LogP contribution in [0.1, 0.15) is 57.1 Å². The van der Waals surface area contributed by atoms with Crippen LogP contribution in [-0.2, 0) is 23.7 Å². The highest BCUT2D eigenvalue weighted by atomic mass is 19.3. The number of nitrogens with one attached hydrogen (secondary N) is 1. The topological polar surface area (TPSA) is 78.8 Å². The van der Waals surface area contributed by atoms with E-state index in [9.17, 15) is 4.79 Å². The first-order valence-electron chi connectivity index (χ1n) is 16.8. The van der Waals surface area contributed by atoms with Gasteiger partial charge in [-0.15, -0.1) is 0 Å². The number of nitrogens with zero attached hydrogens (tertiary/aromatic N) is 6. The molecule has 0 radical (unpaired) electrons. The summed E-state index contributed by atoms with van der Waals surface area (Å²) >= 11 is 0. The quantitative estimate of drug-likeness (QED) is 0.416. The van der Waals surface area contributed by atoms with E-state index in [0.29, 0.717) is 93.8 Å². The first kappa shape index (κ1) is 32.7. The standard InChI is InChI=1S/C34H46F3N7O2/c1-24(2)42-15-17-43(18-16-42)29-21-27-31-38-22-25-7-5-8-28(30(25)35)34(36,37)26-9-13-41(14-10-26)11-3-4-19-46-20-6-12-44(33(29)45)32(27)40-23-39-31/h5,7-8,21,23-24,26H,3-4,6,9-20,22H2,1-2H3,(H,38,39,40). The Bertz CT molecular complexity index is 1550. The molecule has 0 atom stereocenters. The molecule has 46 heavy (non-hydrogen) atoms. The van der Waals surface area contributed by atoms with Gasteiger partial charge in [0.15, 0.2) is 0 Å². The molecule has 4 aliphatic heterocycles. The fraction of sp³-hybridized carbons (Fsp3) is 0.618. The van der Waals surface area contributed by atoms with E-state index in [1.807, 2.05) is 6.07 Å². The molecule has 2 aromatic heterocycles. The largest absolute Gasteiger partial charge is 0.381 e. The van der Waals surface area contributed by atoms with Gasteiger partial charge in [-0.3, -0.25) is 14.3 Å². The highest BCUT2D eigenvalue weighted by Crippen LogP contribution is 2.43. The fourth-order valence-corrected chi connectivity index (χ4v) is 7.08. The molecular formula is C34H46F3N7O2. The first-order valence-corrected chi connectivity index (χ1v) is 16.8. The van der Waals surface area contributed by atoms with Crippen molar-refractivity contribution in [3.63, 3.8) is 0 Å². The minimum Gasteiger partial charge on any atom is -0.381 e. The van der Waals surface area contributed by atoms with E-state index in [1.54, 1.807) is 4.57 Å². The summed E-state index contributed by atoms with van der Waals surface area (Å²) in [5, 5.41) is 3.81. The van der Waals surface area contributed by atoms with Gasteiger partial charge in [0.2, 0.25) is 0 Å². The second-order valence-electron chi connectivity index (χ2n) is 13.1. The Labute approximate surface area is 268 Å². The zero-order valence-electron chi connectivity index (χ0n) is 27.0. The lowest BCUT2D eigenvalue weighted by molar-refractivity contribution is -0.0880. The minimum atomic E-state index is -3.27. The van der Waals surface area contributed by atoms with Gasteiger partial charge in [0.05, 0.1) is 10.9 Å². The maximum atomic E-state index is 15.8. The average molecular weight is 642 g/mol. The Kier molecular flexibility index (Phi) is 10.1. The summed E-state index contributed by atoms with van der Waals surface area (Å²) in [6, 6.07) is 6.50. The monoisotopic (exact) mass is 641 g/mol. The van der Waals surface area contributed by atoms with Crippen LogP contribution in [0.3, 0.4) is 0 Å². The van der Waals surface area contributed by atoms with Crippen LogP contribution in [0.4, 0.5) is 24.7 Å². The molecule has 6 heterocycles. The lowest BCUT2D eigenvalue weighted by Crippen LogP contribution is -2.50. The number of piperazine rings is 1. The molecule has 0 unspecified atom stereocenters. The third-order valence-electron chi connectivity index (χ3n) is 9.92. The predicted molar refractivity (Wildman–Crippen MR) is 174 cm³/mol. The van der Waals surface area contributed by atoms with E-state index in [-0.39, 0.29) is 17.7 Å². The predicted octanol–water partition coefficient (Wildman–Crippen LogP) is 5.08. The van der Waals surface area contributed by atoms with Crippen molar-refractivity contribution in [3.05, 3.63) is 57.9 Å². The number of anilines is 2. The third-order valence-corrected chi connectivity index (χ3v) is 9.92. The minimum absolute atomic E-state index is 0.0460. The zero-order chi connectivity index (χ0) is 32.3. The summed E-state index contributed by atoms with van der Waals surface area (Å²) in [6.07, 6.45) is 4.47. The van der Waals surface area contributed by atoms with Crippen LogP contribution < -0.4 is 15.8 Å². The number of pyridine rings is 1. The first-order chi connectivity index (χ1) is 22.2. The number of aryl methyl sites for hydroxylation is 1. The van der Waals surface area contributed by atoms with Crippen molar-refractivity contribution >= 4 is 22.5 Å². The summed E-state index contributed by atoms with van der Waals surface area (Å²) in [5.74, 6) is -4.65. The van der Waals surface area contributed by atoms with Crippen LogP contribution in [0.5, 0.6) is 0 Å². The number of alkyl halides is 2. The lowest BCUT2D eigenvalue weighted by atomic mass is 9.85. The summed E-state index contributed by atoms with van der Waals surface area (Å²) in [6.45, 7) is 10.9. The van der Waals surface area contributed by atoms with Crippen molar-refractivity contribution in [1.29, 1.82) is 0 Å². The molecule has 0 amide bonds. The maximum Gasteiger partial charge on any atom is 0.278 e. The molecule has 3 aromatic rings. The van der Waals surface area contributed by atoms with Crippen molar-refractivity contribution in [2.45, 2.75) is 71.0 Å². The van der Waals surface area contributed by atoms with Crippen LogP contribution in [0, 0.1) is 11.7 Å². The summed E-state index contributed by atoms with van der Waals surface area (Å²) in [7, 11) is 0. The number of hydrogen-bond acceptors (Lipinski definition) is 8. The molecule has 7 rings (SSSR count). The van der Waals surface area contributed by atoms with Gasteiger partial charge in [-0.1, -0.05) is 18.2 Å². The van der Waals surface area contributed by atoms with Crippen molar-refractivity contribution in [1.82, 2.24) is 24.3 Å². The molecule has 4 aliphatic rings. The van der Waals surface area contributed by atoms with Gasteiger partial charge < -0.3 is 19.9 Å². The Morgan fingerprint density at radius 3 is 2.48 bits per heavy atom. The Morgan fingerprint density at radius 1 is 0.957 bits per heavy atom. The number of fused-ring (bicyclic) bond motifs is 10. The van der Waals surface area contributed by atoms with Gasteiger partial charge in [-0.2, -0.15) is 0 Å². The number of piperidine rings is 1. The van der Waals surface area contributed by atoms with E-state index in [4.69, 9.17) is 4.74 Å². The average Bonchev–Trinajstić information content (AvgIpc) is 3.06. The van der Waals surface area contributed by atoms with Crippen LogP contribution in [0.2, 0.25) is 0 Å². The lowest BCUT2D eigenvalue weighted by Gasteiger charge is -2.38. The van der Waals surface area contributed by atoms with Crippen LogP contribution >= 0.6 is 0 Å². The normalized spacial score (nSPS) is 23.7. The molecule has 0 spiro atoms. The second kappa shape index (κ2) is 14.3. The Morgan fingerprint density at radius 2 is 1.72 bits per heavy atom. The van der Waals surface area contributed by atoms with Gasteiger partial charge in [0.1, 0.15) is 29.3 Å². The Balaban J connectivity index is 1.35. The third kappa shape index (κ3) is 6.89. The molecular weight excluding hydrogens is 595 g/mol. The number of hydrogen-bond donors (Lipinski definition) is 1. The summed E-state index contributed by atoms with van der Waals surface area (Å²) < 4.78 is 55.0. The number of halogens is 3. The smallest absolute Gasteiger partial charge is 0.278 e. The van der Waals surface area contributed by atoms with Crippen molar-refractivity contribution in [3.8, 4) is 0 Å². The SMILES string of the molecule is CC(C)N1CCN(c2cc3c4ncnc3n(c2=O)CCCOCCCCN2CCC(CC2)C(F)(F)c2cccc(c2F)CN4)CC1. The van der Waals surface area contributed by atoms with Gasteiger partial charge in [0.25, 0.3) is 11.5 Å². The molecule has 2 fully saturated rings. The maximum absolute atomic E-state index is 15.8. The van der Waals surface area contributed by atoms with Crippen LogP contribution in [-0.4, -0.2) is 89.4 Å². The highest BCUT2D eigenvalue weighted by molar-refractivity contribution is 5.89. The van der Waals surface area contributed by atoms with Crippen molar-refractivity contribution in [2.24, 2.45) is 5.92 Å². The summed E-state index contributed by atoms with van der Waals surface area (Å²) in [4.78, 5) is 29.6. The van der Waals surface area contributed by atoms with Gasteiger partial charge >= 0.3 is 0 Å². The molecule has 8 bridgehead atoms. The van der Waals surface area contributed by atoms with Crippen LogP contribution in [0.15, 0.2) is 35.4 Å². The van der Waals surface area contributed by atoms with Crippen LogP contribution in [0.25, 0.3) is 11.0 Å². The number of benzene rings is 1. The van der Waals surface area contributed by atoms with Gasteiger partial charge in [-0.05, 0) is 71.7 Å². The van der Waals surface area contributed by atoms with E-state index in [2.05, 4.69) is 43.8 Å². The molecule has 1 aromatic carbocycles. The molecule has 9 nitrogen and oxygen atoms in total.